The van der Waals surface area contributed by atoms with Crippen molar-refractivity contribution >= 4 is 11.9 Å². The van der Waals surface area contributed by atoms with E-state index >= 15 is 0 Å². The third kappa shape index (κ3) is 5.21. The molecule has 0 heterocycles. The first-order valence-corrected chi connectivity index (χ1v) is 6.94. The lowest BCUT2D eigenvalue weighted by atomic mass is 10.0. The van der Waals surface area contributed by atoms with E-state index in [0.717, 1.165) is 0 Å². The molecule has 0 bridgehead atoms. The molecular formula is C17H21NO4. The molecule has 0 spiro atoms. The number of nitrogens with zero attached hydrogens (tertiary/aromatic N) is 1. The van der Waals surface area contributed by atoms with Crippen molar-refractivity contribution in [2.24, 2.45) is 0 Å². The third-order valence-corrected chi connectivity index (χ3v) is 2.39. The monoisotopic (exact) mass is 303 g/mol. The van der Waals surface area contributed by atoms with Crippen LogP contribution in [0.2, 0.25) is 0 Å². The van der Waals surface area contributed by atoms with Crippen molar-refractivity contribution in [1.82, 2.24) is 0 Å². The topological polar surface area (TPSA) is 76.4 Å². The Bertz CT molecular complexity index is 628. The zero-order valence-electron chi connectivity index (χ0n) is 13.8. The molecule has 0 radical (unpaired) electrons. The van der Waals surface area contributed by atoms with E-state index in [0.29, 0.717) is 0 Å². The van der Waals surface area contributed by atoms with Crippen molar-refractivity contribution in [3.05, 3.63) is 34.9 Å². The highest BCUT2D eigenvalue weighted by Gasteiger charge is 2.23. The van der Waals surface area contributed by atoms with Gasteiger partial charge in [-0.2, -0.15) is 5.26 Å². The summed E-state index contributed by atoms with van der Waals surface area (Å²) in [5.74, 6) is -1.14. The molecule has 0 atom stereocenters. The van der Waals surface area contributed by atoms with E-state index < -0.39 is 23.1 Å². The summed E-state index contributed by atoms with van der Waals surface area (Å²) in [6, 6.07) is 6.11. The largest absolute Gasteiger partial charge is 0.456 e. The van der Waals surface area contributed by atoms with Gasteiger partial charge in [-0.15, -0.1) is 0 Å². The maximum absolute atomic E-state index is 12.1. The van der Waals surface area contributed by atoms with Crippen LogP contribution < -0.4 is 0 Å². The predicted molar refractivity (Wildman–Crippen MR) is 81.5 cm³/mol. The molecule has 118 valence electrons. The standard InChI is InChI=1S/C17H21NO4/c1-16(2,3)21-14(19)11-7-8-13(12(9-11)10-18)15(20)22-17(4,5)6/h7-9H,1-6H3. The van der Waals surface area contributed by atoms with Crippen LogP contribution in [0, 0.1) is 11.3 Å². The molecule has 0 unspecified atom stereocenters. The molecule has 1 rings (SSSR count). The van der Waals surface area contributed by atoms with Crippen LogP contribution in [-0.4, -0.2) is 23.1 Å². The van der Waals surface area contributed by atoms with E-state index in [1.54, 1.807) is 41.5 Å². The number of hydrogen-bond donors (Lipinski definition) is 0. The Morgan fingerprint density at radius 1 is 0.955 bits per heavy atom. The van der Waals surface area contributed by atoms with Crippen molar-refractivity contribution in [2.45, 2.75) is 52.7 Å². The van der Waals surface area contributed by atoms with Crippen LogP contribution in [0.5, 0.6) is 0 Å². The zero-order valence-corrected chi connectivity index (χ0v) is 13.8. The fourth-order valence-corrected chi connectivity index (χ4v) is 1.61. The molecule has 0 aliphatic carbocycles. The highest BCUT2D eigenvalue weighted by Crippen LogP contribution is 2.19. The predicted octanol–water partition coefficient (Wildman–Crippen LogP) is 3.47. The van der Waals surface area contributed by atoms with Crippen molar-refractivity contribution < 1.29 is 19.1 Å². The van der Waals surface area contributed by atoms with Crippen LogP contribution >= 0.6 is 0 Å². The molecule has 0 N–H and O–H groups in total. The Kier molecular flexibility index (Phi) is 4.98. The summed E-state index contributed by atoms with van der Waals surface area (Å²) in [6.07, 6.45) is 0. The van der Waals surface area contributed by atoms with Gasteiger partial charge in [-0.25, -0.2) is 9.59 Å². The van der Waals surface area contributed by atoms with E-state index in [4.69, 9.17) is 9.47 Å². The minimum Gasteiger partial charge on any atom is -0.456 e. The Hall–Kier alpha value is -2.35. The molecule has 0 aromatic heterocycles. The van der Waals surface area contributed by atoms with Crippen LogP contribution in [0.25, 0.3) is 0 Å². The molecule has 1 aromatic rings. The van der Waals surface area contributed by atoms with E-state index in [-0.39, 0.29) is 16.7 Å². The van der Waals surface area contributed by atoms with Gasteiger partial charge >= 0.3 is 11.9 Å². The number of nitriles is 1. The van der Waals surface area contributed by atoms with Gasteiger partial charge in [0.1, 0.15) is 17.3 Å². The van der Waals surface area contributed by atoms with Crippen LogP contribution in [0.15, 0.2) is 18.2 Å². The molecule has 0 amide bonds. The average Bonchev–Trinajstić information content (AvgIpc) is 2.33. The van der Waals surface area contributed by atoms with Gasteiger partial charge in [-0.05, 0) is 59.7 Å². The lowest BCUT2D eigenvalue weighted by Gasteiger charge is -2.21. The van der Waals surface area contributed by atoms with Crippen LogP contribution in [0.4, 0.5) is 0 Å². The summed E-state index contributed by atoms with van der Waals surface area (Å²) in [6.45, 7) is 10.5. The zero-order chi connectivity index (χ0) is 17.1. The van der Waals surface area contributed by atoms with Crippen LogP contribution in [0.1, 0.15) is 67.8 Å². The van der Waals surface area contributed by atoms with Crippen molar-refractivity contribution in [1.29, 1.82) is 5.26 Å². The van der Waals surface area contributed by atoms with E-state index in [1.807, 2.05) is 6.07 Å². The van der Waals surface area contributed by atoms with Gasteiger partial charge in [-0.3, -0.25) is 0 Å². The van der Waals surface area contributed by atoms with Crippen molar-refractivity contribution in [3.63, 3.8) is 0 Å². The Morgan fingerprint density at radius 2 is 1.45 bits per heavy atom. The van der Waals surface area contributed by atoms with Gasteiger partial charge in [0, 0.05) is 0 Å². The number of esters is 2. The molecule has 0 fully saturated rings. The summed E-state index contributed by atoms with van der Waals surface area (Å²) in [7, 11) is 0. The van der Waals surface area contributed by atoms with Gasteiger partial charge < -0.3 is 9.47 Å². The highest BCUT2D eigenvalue weighted by molar-refractivity contribution is 5.96. The van der Waals surface area contributed by atoms with Gasteiger partial charge in [0.15, 0.2) is 0 Å². The molecule has 5 heteroatoms. The summed E-state index contributed by atoms with van der Waals surface area (Å²) >= 11 is 0. The lowest BCUT2D eigenvalue weighted by Crippen LogP contribution is -2.25. The summed E-state index contributed by atoms with van der Waals surface area (Å²) in [5, 5.41) is 9.19. The first-order valence-electron chi connectivity index (χ1n) is 6.94. The number of hydrogen-bond acceptors (Lipinski definition) is 5. The minimum atomic E-state index is -0.659. The smallest absolute Gasteiger partial charge is 0.339 e. The molecule has 0 saturated heterocycles. The number of carbonyl (C=O) groups excluding carboxylic acids is 2. The van der Waals surface area contributed by atoms with Crippen molar-refractivity contribution in [2.75, 3.05) is 0 Å². The highest BCUT2D eigenvalue weighted by atomic mass is 16.6. The minimum absolute atomic E-state index is 0.0811. The van der Waals surface area contributed by atoms with E-state index in [9.17, 15) is 14.9 Å². The first-order chi connectivity index (χ1) is 9.93. The average molecular weight is 303 g/mol. The maximum Gasteiger partial charge on any atom is 0.339 e. The third-order valence-electron chi connectivity index (χ3n) is 2.39. The second-order valence-corrected chi connectivity index (χ2v) is 6.88. The normalized spacial score (nSPS) is 11.5. The fourth-order valence-electron chi connectivity index (χ4n) is 1.61. The molecule has 0 aliphatic heterocycles. The molecular weight excluding hydrogens is 282 g/mol. The van der Waals surface area contributed by atoms with E-state index in [2.05, 4.69) is 0 Å². The number of benzene rings is 1. The van der Waals surface area contributed by atoms with Gasteiger partial charge in [0.25, 0.3) is 0 Å². The van der Waals surface area contributed by atoms with Crippen LogP contribution in [0.3, 0.4) is 0 Å². The Balaban J connectivity index is 3.10. The van der Waals surface area contributed by atoms with Crippen LogP contribution in [-0.2, 0) is 9.47 Å². The summed E-state index contributed by atoms with van der Waals surface area (Å²) in [4.78, 5) is 24.1. The summed E-state index contributed by atoms with van der Waals surface area (Å²) in [5.41, 5.74) is -0.859. The maximum atomic E-state index is 12.1. The van der Waals surface area contributed by atoms with Gasteiger partial charge in [0.2, 0.25) is 0 Å². The molecule has 22 heavy (non-hydrogen) atoms. The fraction of sp³-hybridized carbons (Fsp3) is 0.471. The quantitative estimate of drug-likeness (QED) is 0.782. The Morgan fingerprint density at radius 3 is 1.91 bits per heavy atom. The Labute approximate surface area is 130 Å². The molecule has 0 saturated carbocycles. The second-order valence-electron chi connectivity index (χ2n) is 6.88. The SMILES string of the molecule is CC(C)(C)OC(=O)c1ccc(C(=O)OC(C)(C)C)c(C#N)c1. The number of carbonyl (C=O) groups is 2. The molecule has 0 aliphatic rings. The number of ether oxygens (including phenoxy) is 2. The van der Waals surface area contributed by atoms with E-state index in [1.165, 1.54) is 18.2 Å². The first kappa shape index (κ1) is 17.7. The lowest BCUT2D eigenvalue weighted by molar-refractivity contribution is 0.00515. The molecule has 5 nitrogen and oxygen atoms in total. The molecule has 1 aromatic carbocycles. The summed E-state index contributed by atoms with van der Waals surface area (Å²) < 4.78 is 10.5. The second kappa shape index (κ2) is 6.18. The van der Waals surface area contributed by atoms with Crippen molar-refractivity contribution in [3.8, 4) is 6.07 Å². The van der Waals surface area contributed by atoms with Gasteiger partial charge in [-0.1, -0.05) is 0 Å². The van der Waals surface area contributed by atoms with Gasteiger partial charge in [0.05, 0.1) is 16.7 Å². The number of rotatable bonds is 2.